The van der Waals surface area contributed by atoms with Crippen molar-refractivity contribution in [1.82, 2.24) is 0 Å². The van der Waals surface area contributed by atoms with Crippen LogP contribution in [0.15, 0.2) is 60.7 Å². The Balaban J connectivity index is 1.97. The quantitative estimate of drug-likeness (QED) is 0.845. The number of hydrogen-bond donors (Lipinski definition) is 0. The molecule has 0 aromatic heterocycles. The Morgan fingerprint density at radius 1 is 0.950 bits per heavy atom. The minimum Gasteiger partial charge on any atom is -0.370 e. The van der Waals surface area contributed by atoms with Crippen molar-refractivity contribution in [2.75, 3.05) is 6.61 Å². The SMILES string of the molecule is O=C(C1CCCO1)C(c1ccccc1)c1ccccc1. The standard InChI is InChI=1S/C18H18O2/c19-18(16-12-7-13-20-16)17(14-8-3-1-4-9-14)15-10-5-2-6-11-15/h1-6,8-11,16-17H,7,12-13H2. The molecule has 1 saturated heterocycles. The smallest absolute Gasteiger partial charge is 0.173 e. The van der Waals surface area contributed by atoms with Crippen molar-refractivity contribution in [2.24, 2.45) is 0 Å². The van der Waals surface area contributed by atoms with E-state index in [1.165, 1.54) is 0 Å². The minimum absolute atomic E-state index is 0.180. The second-order valence-electron chi connectivity index (χ2n) is 5.16. The van der Waals surface area contributed by atoms with E-state index in [9.17, 15) is 4.79 Å². The lowest BCUT2D eigenvalue weighted by atomic mass is 9.85. The third-order valence-corrected chi connectivity index (χ3v) is 3.80. The van der Waals surface area contributed by atoms with Gasteiger partial charge in [0.25, 0.3) is 0 Å². The van der Waals surface area contributed by atoms with Crippen LogP contribution >= 0.6 is 0 Å². The van der Waals surface area contributed by atoms with E-state index in [1.54, 1.807) is 0 Å². The first-order valence-corrected chi connectivity index (χ1v) is 7.11. The number of ketones is 1. The fourth-order valence-corrected chi connectivity index (χ4v) is 2.80. The molecule has 0 spiro atoms. The topological polar surface area (TPSA) is 26.3 Å². The summed E-state index contributed by atoms with van der Waals surface area (Å²) in [5.74, 6) is -0.0413. The van der Waals surface area contributed by atoms with Crippen molar-refractivity contribution < 1.29 is 9.53 Å². The van der Waals surface area contributed by atoms with Gasteiger partial charge in [-0.2, -0.15) is 0 Å². The van der Waals surface area contributed by atoms with Crippen LogP contribution in [0.3, 0.4) is 0 Å². The normalized spacial score (nSPS) is 18.4. The minimum atomic E-state index is -0.250. The molecular formula is C18H18O2. The number of carbonyl (C=O) groups is 1. The molecule has 0 amide bonds. The molecule has 1 fully saturated rings. The zero-order valence-corrected chi connectivity index (χ0v) is 11.4. The van der Waals surface area contributed by atoms with Crippen molar-refractivity contribution in [3.05, 3.63) is 71.8 Å². The number of benzene rings is 2. The Morgan fingerprint density at radius 3 is 1.95 bits per heavy atom. The Morgan fingerprint density at radius 2 is 1.50 bits per heavy atom. The number of rotatable bonds is 4. The van der Waals surface area contributed by atoms with Gasteiger partial charge in [0.15, 0.2) is 5.78 Å². The molecular weight excluding hydrogens is 248 g/mol. The first-order valence-electron chi connectivity index (χ1n) is 7.11. The summed E-state index contributed by atoms with van der Waals surface area (Å²) in [6.07, 6.45) is 1.57. The molecule has 0 aliphatic carbocycles. The maximum atomic E-state index is 12.8. The number of hydrogen-bond acceptors (Lipinski definition) is 2. The number of Topliss-reactive ketones (excluding diaryl/α,β-unsaturated/α-hetero) is 1. The summed E-state index contributed by atoms with van der Waals surface area (Å²) >= 11 is 0. The van der Waals surface area contributed by atoms with Crippen LogP contribution in [0.4, 0.5) is 0 Å². The maximum Gasteiger partial charge on any atom is 0.173 e. The van der Waals surface area contributed by atoms with Gasteiger partial charge in [-0.3, -0.25) is 4.79 Å². The third kappa shape index (κ3) is 2.66. The molecule has 2 heteroatoms. The molecule has 0 bridgehead atoms. The lowest BCUT2D eigenvalue weighted by molar-refractivity contribution is -0.128. The Bertz CT molecular complexity index is 517. The van der Waals surface area contributed by atoms with E-state index in [-0.39, 0.29) is 17.8 Å². The van der Waals surface area contributed by atoms with Crippen LogP contribution in [-0.2, 0) is 9.53 Å². The fraction of sp³-hybridized carbons (Fsp3) is 0.278. The molecule has 0 radical (unpaired) electrons. The molecule has 2 nitrogen and oxygen atoms in total. The molecule has 20 heavy (non-hydrogen) atoms. The van der Waals surface area contributed by atoms with E-state index in [1.807, 2.05) is 60.7 Å². The lowest BCUT2D eigenvalue weighted by Crippen LogP contribution is -2.27. The van der Waals surface area contributed by atoms with Gasteiger partial charge in [-0.25, -0.2) is 0 Å². The molecule has 0 N–H and O–H groups in total. The largest absolute Gasteiger partial charge is 0.370 e. The summed E-state index contributed by atoms with van der Waals surface area (Å²) in [6.45, 7) is 0.701. The van der Waals surface area contributed by atoms with E-state index < -0.39 is 0 Å². The van der Waals surface area contributed by atoms with Gasteiger partial charge in [0.05, 0.1) is 5.92 Å². The molecule has 1 unspecified atom stereocenters. The van der Waals surface area contributed by atoms with Crippen LogP contribution in [0, 0.1) is 0 Å². The molecule has 3 rings (SSSR count). The van der Waals surface area contributed by atoms with Crippen LogP contribution in [0.5, 0.6) is 0 Å². The highest BCUT2D eigenvalue weighted by atomic mass is 16.5. The van der Waals surface area contributed by atoms with Gasteiger partial charge in [0.1, 0.15) is 6.10 Å². The molecule has 1 heterocycles. The van der Waals surface area contributed by atoms with Gasteiger partial charge >= 0.3 is 0 Å². The molecule has 2 aromatic carbocycles. The summed E-state index contributed by atoms with van der Waals surface area (Å²) in [6, 6.07) is 19.9. The van der Waals surface area contributed by atoms with Gasteiger partial charge in [-0.15, -0.1) is 0 Å². The van der Waals surface area contributed by atoms with Gasteiger partial charge < -0.3 is 4.74 Å². The van der Waals surface area contributed by atoms with Crippen LogP contribution in [0.2, 0.25) is 0 Å². The van der Waals surface area contributed by atoms with Crippen molar-refractivity contribution in [3.63, 3.8) is 0 Å². The van der Waals surface area contributed by atoms with Crippen molar-refractivity contribution in [1.29, 1.82) is 0 Å². The summed E-state index contributed by atoms with van der Waals surface area (Å²) in [7, 11) is 0. The maximum absolute atomic E-state index is 12.8. The summed E-state index contributed by atoms with van der Waals surface area (Å²) in [5, 5.41) is 0. The van der Waals surface area contributed by atoms with Crippen LogP contribution in [0.1, 0.15) is 29.9 Å². The molecule has 1 aliphatic rings. The van der Waals surface area contributed by atoms with Gasteiger partial charge in [0, 0.05) is 6.61 Å². The highest BCUT2D eigenvalue weighted by molar-refractivity contribution is 5.92. The lowest BCUT2D eigenvalue weighted by Gasteiger charge is -2.20. The van der Waals surface area contributed by atoms with E-state index in [4.69, 9.17) is 4.74 Å². The third-order valence-electron chi connectivity index (χ3n) is 3.80. The van der Waals surface area contributed by atoms with Crippen LogP contribution < -0.4 is 0 Å². The van der Waals surface area contributed by atoms with Crippen LogP contribution in [0.25, 0.3) is 0 Å². The van der Waals surface area contributed by atoms with Crippen molar-refractivity contribution in [3.8, 4) is 0 Å². The highest BCUT2D eigenvalue weighted by Crippen LogP contribution is 2.29. The second kappa shape index (κ2) is 6.02. The van der Waals surface area contributed by atoms with E-state index in [0.717, 1.165) is 24.0 Å². The monoisotopic (exact) mass is 266 g/mol. The fourth-order valence-electron chi connectivity index (χ4n) is 2.80. The van der Waals surface area contributed by atoms with E-state index in [0.29, 0.717) is 6.61 Å². The zero-order chi connectivity index (χ0) is 13.8. The molecule has 1 aliphatic heterocycles. The predicted octanol–water partition coefficient (Wildman–Crippen LogP) is 3.57. The summed E-state index contributed by atoms with van der Waals surface area (Å²) < 4.78 is 5.59. The summed E-state index contributed by atoms with van der Waals surface area (Å²) in [4.78, 5) is 12.8. The second-order valence-corrected chi connectivity index (χ2v) is 5.16. The van der Waals surface area contributed by atoms with Crippen molar-refractivity contribution >= 4 is 5.78 Å². The average Bonchev–Trinajstić information content (AvgIpc) is 3.04. The Hall–Kier alpha value is -1.93. The average molecular weight is 266 g/mol. The van der Waals surface area contributed by atoms with Crippen LogP contribution in [-0.4, -0.2) is 18.5 Å². The highest BCUT2D eigenvalue weighted by Gasteiger charge is 2.32. The van der Waals surface area contributed by atoms with E-state index in [2.05, 4.69) is 0 Å². The molecule has 0 saturated carbocycles. The number of carbonyl (C=O) groups excluding carboxylic acids is 1. The van der Waals surface area contributed by atoms with Crippen molar-refractivity contribution in [2.45, 2.75) is 24.9 Å². The first kappa shape index (κ1) is 13.1. The predicted molar refractivity (Wildman–Crippen MR) is 78.7 cm³/mol. The Labute approximate surface area is 119 Å². The number of ether oxygens (including phenoxy) is 1. The molecule has 2 aromatic rings. The van der Waals surface area contributed by atoms with Gasteiger partial charge in [-0.05, 0) is 24.0 Å². The molecule has 102 valence electrons. The first-order chi connectivity index (χ1) is 9.86. The zero-order valence-electron chi connectivity index (χ0n) is 11.4. The van der Waals surface area contributed by atoms with Gasteiger partial charge in [0.2, 0.25) is 0 Å². The Kier molecular flexibility index (Phi) is 3.93. The molecule has 1 atom stereocenters. The summed E-state index contributed by atoms with van der Waals surface area (Å²) in [5.41, 5.74) is 2.08. The van der Waals surface area contributed by atoms with E-state index >= 15 is 0 Å². The van der Waals surface area contributed by atoms with Gasteiger partial charge in [-0.1, -0.05) is 60.7 Å².